The third kappa shape index (κ3) is 2.37. The van der Waals surface area contributed by atoms with E-state index in [4.69, 9.17) is 10.5 Å². The number of anilines is 2. The molecule has 1 heterocycles. The normalized spacial score (nSPS) is 12.3. The first-order valence-corrected chi connectivity index (χ1v) is 5.77. The summed E-state index contributed by atoms with van der Waals surface area (Å²) in [5.41, 5.74) is 8.03. The lowest BCUT2D eigenvalue weighted by Gasteiger charge is -2.15. The van der Waals surface area contributed by atoms with Gasteiger partial charge in [0.25, 0.3) is 0 Å². The van der Waals surface area contributed by atoms with Gasteiger partial charge in [0, 0.05) is 5.39 Å². The number of nitrogens with one attached hydrogen (secondary N) is 2. The van der Waals surface area contributed by atoms with E-state index in [1.54, 1.807) is 26.1 Å². The summed E-state index contributed by atoms with van der Waals surface area (Å²) in [4.78, 5) is 11.5. The van der Waals surface area contributed by atoms with Crippen molar-refractivity contribution in [1.82, 2.24) is 10.2 Å². The van der Waals surface area contributed by atoms with Crippen LogP contribution in [0.3, 0.4) is 0 Å². The first-order valence-electron chi connectivity index (χ1n) is 5.77. The fourth-order valence-electron chi connectivity index (χ4n) is 1.69. The second-order valence-corrected chi connectivity index (χ2v) is 4.01. The Balaban J connectivity index is 2.20. The molecule has 0 amide bonds. The van der Waals surface area contributed by atoms with E-state index in [2.05, 4.69) is 15.5 Å². The summed E-state index contributed by atoms with van der Waals surface area (Å²) in [5.74, 6) is -0.304. The quantitative estimate of drug-likeness (QED) is 0.563. The number of ether oxygens (including phenoxy) is 1. The van der Waals surface area contributed by atoms with Gasteiger partial charge in [0.2, 0.25) is 0 Å². The number of nitrogens with zero attached hydrogens (tertiary/aromatic N) is 1. The Bertz CT molecular complexity index is 564. The monoisotopic (exact) mass is 248 g/mol. The van der Waals surface area contributed by atoms with Crippen molar-refractivity contribution in [2.45, 2.75) is 19.9 Å². The molecule has 2 rings (SSSR count). The van der Waals surface area contributed by atoms with Gasteiger partial charge in [-0.05, 0) is 26.0 Å². The van der Waals surface area contributed by atoms with E-state index in [0.717, 1.165) is 10.9 Å². The number of nitrogens with two attached hydrogens (primary N) is 1. The topological polar surface area (TPSA) is 93.0 Å². The van der Waals surface area contributed by atoms with Gasteiger partial charge in [-0.15, -0.1) is 0 Å². The summed E-state index contributed by atoms with van der Waals surface area (Å²) in [6.07, 6.45) is 1.70. The van der Waals surface area contributed by atoms with Crippen LogP contribution >= 0.6 is 0 Å². The molecule has 0 radical (unpaired) electrons. The minimum absolute atomic E-state index is 0.304. The Hall–Kier alpha value is -2.24. The van der Waals surface area contributed by atoms with Crippen molar-refractivity contribution in [3.63, 3.8) is 0 Å². The van der Waals surface area contributed by atoms with E-state index in [-0.39, 0.29) is 5.97 Å². The lowest BCUT2D eigenvalue weighted by atomic mass is 10.2. The van der Waals surface area contributed by atoms with Crippen LogP contribution in [0.4, 0.5) is 11.4 Å². The molecule has 0 spiro atoms. The van der Waals surface area contributed by atoms with Crippen LogP contribution in [0, 0.1) is 0 Å². The van der Waals surface area contributed by atoms with Crippen molar-refractivity contribution in [1.29, 1.82) is 0 Å². The number of nitrogen functional groups attached to an aromatic ring is 1. The van der Waals surface area contributed by atoms with Crippen molar-refractivity contribution in [2.75, 3.05) is 17.7 Å². The molecule has 0 saturated heterocycles. The van der Waals surface area contributed by atoms with Crippen molar-refractivity contribution >= 4 is 28.2 Å². The van der Waals surface area contributed by atoms with Crippen LogP contribution in [0.15, 0.2) is 18.3 Å². The highest BCUT2D eigenvalue weighted by atomic mass is 16.5. The molecule has 18 heavy (non-hydrogen) atoms. The molecule has 1 atom stereocenters. The molecule has 4 N–H and O–H groups in total. The Morgan fingerprint density at radius 2 is 2.39 bits per heavy atom. The van der Waals surface area contributed by atoms with Crippen molar-refractivity contribution in [3.8, 4) is 0 Å². The zero-order valence-corrected chi connectivity index (χ0v) is 10.4. The van der Waals surface area contributed by atoms with Crippen LogP contribution < -0.4 is 11.1 Å². The van der Waals surface area contributed by atoms with Crippen LogP contribution in [0.5, 0.6) is 0 Å². The molecule has 96 valence electrons. The molecule has 6 heteroatoms. The van der Waals surface area contributed by atoms with Crippen LogP contribution in [0.2, 0.25) is 0 Å². The van der Waals surface area contributed by atoms with Crippen molar-refractivity contribution < 1.29 is 9.53 Å². The molecule has 1 unspecified atom stereocenters. The fourth-order valence-corrected chi connectivity index (χ4v) is 1.69. The number of hydrogen-bond donors (Lipinski definition) is 3. The van der Waals surface area contributed by atoms with E-state index in [9.17, 15) is 4.79 Å². The second kappa shape index (κ2) is 4.95. The molecule has 0 saturated carbocycles. The maximum Gasteiger partial charge on any atom is 0.328 e. The standard InChI is InChI=1S/C12H16N4O2/c1-3-18-12(17)7(2)15-11-5-10-8(4-9(11)13)6-14-16-10/h4-7,15H,3,13H2,1-2H3,(H,14,16). The minimum Gasteiger partial charge on any atom is -0.464 e. The Morgan fingerprint density at radius 3 is 3.11 bits per heavy atom. The highest BCUT2D eigenvalue weighted by Gasteiger charge is 2.15. The van der Waals surface area contributed by atoms with Gasteiger partial charge < -0.3 is 15.8 Å². The molecule has 0 aliphatic heterocycles. The largest absolute Gasteiger partial charge is 0.464 e. The molecular weight excluding hydrogens is 232 g/mol. The number of rotatable bonds is 4. The van der Waals surface area contributed by atoms with Crippen molar-refractivity contribution in [2.24, 2.45) is 0 Å². The fraction of sp³-hybridized carbons (Fsp3) is 0.333. The van der Waals surface area contributed by atoms with E-state index in [1.807, 2.05) is 6.07 Å². The van der Waals surface area contributed by atoms with Gasteiger partial charge in [-0.2, -0.15) is 5.10 Å². The SMILES string of the molecule is CCOC(=O)C(C)Nc1cc2[nH]ncc2cc1N. The van der Waals surface area contributed by atoms with Gasteiger partial charge in [-0.3, -0.25) is 5.10 Å². The lowest BCUT2D eigenvalue weighted by molar-refractivity contribution is -0.143. The van der Waals surface area contributed by atoms with Gasteiger partial charge in [-0.25, -0.2) is 4.79 Å². The Morgan fingerprint density at radius 1 is 1.61 bits per heavy atom. The van der Waals surface area contributed by atoms with E-state index in [1.165, 1.54) is 0 Å². The maximum absolute atomic E-state index is 11.5. The predicted molar refractivity (Wildman–Crippen MR) is 70.2 cm³/mol. The first-order chi connectivity index (χ1) is 8.61. The highest BCUT2D eigenvalue weighted by molar-refractivity contribution is 5.90. The zero-order chi connectivity index (χ0) is 13.1. The second-order valence-electron chi connectivity index (χ2n) is 4.01. The average molecular weight is 248 g/mol. The average Bonchev–Trinajstić information content (AvgIpc) is 2.76. The van der Waals surface area contributed by atoms with Gasteiger partial charge in [-0.1, -0.05) is 0 Å². The van der Waals surface area contributed by atoms with E-state index < -0.39 is 6.04 Å². The zero-order valence-electron chi connectivity index (χ0n) is 10.4. The number of H-pyrrole nitrogens is 1. The lowest BCUT2D eigenvalue weighted by Crippen LogP contribution is -2.28. The number of benzene rings is 1. The Kier molecular flexibility index (Phi) is 3.36. The molecule has 2 aromatic rings. The number of carbonyl (C=O) groups is 1. The summed E-state index contributed by atoms with van der Waals surface area (Å²) in [5, 5.41) is 10.7. The number of carbonyl (C=O) groups excluding carboxylic acids is 1. The molecule has 1 aromatic carbocycles. The number of aromatic amines is 1. The van der Waals surface area contributed by atoms with E-state index >= 15 is 0 Å². The first kappa shape index (κ1) is 12.2. The van der Waals surface area contributed by atoms with E-state index in [0.29, 0.717) is 18.0 Å². The minimum atomic E-state index is -0.451. The molecule has 1 aromatic heterocycles. The summed E-state index contributed by atoms with van der Waals surface area (Å²) >= 11 is 0. The Labute approximate surface area is 104 Å². The summed E-state index contributed by atoms with van der Waals surface area (Å²) < 4.78 is 4.93. The number of hydrogen-bond acceptors (Lipinski definition) is 5. The predicted octanol–water partition coefficient (Wildman–Crippen LogP) is 1.51. The van der Waals surface area contributed by atoms with Gasteiger partial charge in [0.05, 0.1) is 29.7 Å². The molecule has 0 fully saturated rings. The number of esters is 1. The molecule has 0 aliphatic rings. The third-order valence-electron chi connectivity index (χ3n) is 2.62. The summed E-state index contributed by atoms with van der Waals surface area (Å²) in [6, 6.07) is 3.18. The van der Waals surface area contributed by atoms with Crippen molar-refractivity contribution in [3.05, 3.63) is 18.3 Å². The van der Waals surface area contributed by atoms with Crippen LogP contribution in [0.1, 0.15) is 13.8 Å². The number of fused-ring (bicyclic) bond motifs is 1. The molecule has 0 bridgehead atoms. The third-order valence-corrected chi connectivity index (χ3v) is 2.62. The van der Waals surface area contributed by atoms with Gasteiger partial charge in [0.15, 0.2) is 0 Å². The van der Waals surface area contributed by atoms with Crippen LogP contribution in [0.25, 0.3) is 10.9 Å². The molecule has 6 nitrogen and oxygen atoms in total. The maximum atomic E-state index is 11.5. The summed E-state index contributed by atoms with van der Waals surface area (Å²) in [7, 11) is 0. The highest BCUT2D eigenvalue weighted by Crippen LogP contribution is 2.25. The molecular formula is C12H16N4O2. The van der Waals surface area contributed by atoms with Crippen LogP contribution in [-0.2, 0) is 9.53 Å². The van der Waals surface area contributed by atoms with Crippen LogP contribution in [-0.4, -0.2) is 28.8 Å². The smallest absolute Gasteiger partial charge is 0.328 e. The number of aromatic nitrogens is 2. The summed E-state index contributed by atoms with van der Waals surface area (Å²) in [6.45, 7) is 3.87. The van der Waals surface area contributed by atoms with Gasteiger partial charge >= 0.3 is 5.97 Å². The molecule has 0 aliphatic carbocycles. The van der Waals surface area contributed by atoms with Gasteiger partial charge in [0.1, 0.15) is 6.04 Å².